The van der Waals surface area contributed by atoms with E-state index in [0.29, 0.717) is 18.2 Å². The molecule has 0 radical (unpaired) electrons. The van der Waals surface area contributed by atoms with Crippen molar-refractivity contribution in [3.63, 3.8) is 0 Å². The summed E-state index contributed by atoms with van der Waals surface area (Å²) in [6.45, 7) is 4.99. The van der Waals surface area contributed by atoms with Crippen LogP contribution < -0.4 is 5.32 Å². The molecule has 1 atom stereocenters. The van der Waals surface area contributed by atoms with Crippen molar-refractivity contribution in [1.29, 1.82) is 0 Å². The van der Waals surface area contributed by atoms with E-state index >= 15 is 0 Å². The first-order valence-corrected chi connectivity index (χ1v) is 8.39. The zero-order valence-corrected chi connectivity index (χ0v) is 14.0. The topological polar surface area (TPSA) is 62.3 Å². The van der Waals surface area contributed by atoms with Crippen molar-refractivity contribution < 1.29 is 9.59 Å². The molecule has 1 aromatic heterocycles. The molecule has 2 heterocycles. The summed E-state index contributed by atoms with van der Waals surface area (Å²) in [7, 11) is 0. The average molecular weight is 329 g/mol. The van der Waals surface area contributed by atoms with Crippen LogP contribution in [-0.4, -0.2) is 28.2 Å². The van der Waals surface area contributed by atoms with E-state index < -0.39 is 0 Å². The Balaban J connectivity index is 1.60. The van der Waals surface area contributed by atoms with E-state index in [9.17, 15) is 9.59 Å². The fourth-order valence-electron chi connectivity index (χ4n) is 2.63. The Bertz CT molecular complexity index is 724. The van der Waals surface area contributed by atoms with Crippen molar-refractivity contribution in [3.8, 4) is 0 Å². The van der Waals surface area contributed by atoms with Gasteiger partial charge in [-0.2, -0.15) is 0 Å². The number of carbonyl (C=O) groups is 2. The second-order valence-corrected chi connectivity index (χ2v) is 7.16. The van der Waals surface area contributed by atoms with Crippen molar-refractivity contribution in [2.75, 3.05) is 11.9 Å². The van der Waals surface area contributed by atoms with Gasteiger partial charge in [-0.05, 0) is 19.4 Å². The second kappa shape index (κ2) is 6.50. The number of amides is 2. The Hall–Kier alpha value is -2.21. The van der Waals surface area contributed by atoms with Gasteiger partial charge in [0.15, 0.2) is 5.13 Å². The molecule has 0 spiro atoms. The zero-order valence-electron chi connectivity index (χ0n) is 13.2. The summed E-state index contributed by atoms with van der Waals surface area (Å²) in [6, 6.07) is 8.11. The largest absolute Gasteiger partial charge is 0.338 e. The molecule has 1 N–H and O–H groups in total. The molecule has 1 saturated heterocycles. The molecular weight excluding hydrogens is 310 g/mol. The maximum absolute atomic E-state index is 12.3. The molecule has 23 heavy (non-hydrogen) atoms. The van der Waals surface area contributed by atoms with Crippen LogP contribution in [0.25, 0.3) is 0 Å². The first-order valence-electron chi connectivity index (χ1n) is 7.58. The molecule has 1 fully saturated rings. The molecule has 1 aromatic carbocycles. The molecule has 0 unspecified atom stereocenters. The van der Waals surface area contributed by atoms with E-state index in [4.69, 9.17) is 0 Å². The Morgan fingerprint density at radius 3 is 2.74 bits per heavy atom. The third-order valence-electron chi connectivity index (χ3n) is 3.93. The van der Waals surface area contributed by atoms with Crippen molar-refractivity contribution in [3.05, 3.63) is 46.5 Å². The number of benzene rings is 1. The number of thiazole rings is 1. The minimum atomic E-state index is -0.308. The number of likely N-dealkylation sites (tertiary alicyclic amines) is 1. The van der Waals surface area contributed by atoms with Crippen LogP contribution in [0.1, 0.15) is 22.4 Å². The van der Waals surface area contributed by atoms with Crippen molar-refractivity contribution >= 4 is 28.3 Å². The van der Waals surface area contributed by atoms with E-state index in [2.05, 4.69) is 10.3 Å². The highest BCUT2D eigenvalue weighted by Crippen LogP contribution is 2.23. The van der Waals surface area contributed by atoms with Gasteiger partial charge in [0.05, 0.1) is 5.92 Å². The fourth-order valence-corrected chi connectivity index (χ4v) is 3.30. The summed E-state index contributed by atoms with van der Waals surface area (Å²) in [5.74, 6) is -0.405. The molecule has 1 aliphatic heterocycles. The van der Waals surface area contributed by atoms with Crippen LogP contribution in [0, 0.1) is 19.8 Å². The molecule has 2 amide bonds. The average Bonchev–Trinajstić information content (AvgIpc) is 3.08. The number of nitrogens with one attached hydrogen (secondary N) is 1. The SMILES string of the molecule is Cc1ccc(CN2C[C@@H](C(=O)Nc3ncc(C)s3)CC2=O)cc1. The Morgan fingerprint density at radius 1 is 1.35 bits per heavy atom. The van der Waals surface area contributed by atoms with Gasteiger partial charge in [-0.1, -0.05) is 29.8 Å². The minimum Gasteiger partial charge on any atom is -0.338 e. The molecule has 5 nitrogen and oxygen atoms in total. The lowest BCUT2D eigenvalue weighted by Gasteiger charge is -2.16. The van der Waals surface area contributed by atoms with E-state index in [-0.39, 0.29) is 24.2 Å². The van der Waals surface area contributed by atoms with Gasteiger partial charge in [-0.15, -0.1) is 11.3 Å². The summed E-state index contributed by atoms with van der Waals surface area (Å²) in [6.07, 6.45) is 1.99. The molecule has 2 aromatic rings. The number of hydrogen-bond acceptors (Lipinski definition) is 4. The van der Waals surface area contributed by atoms with Gasteiger partial charge < -0.3 is 10.2 Å². The number of nitrogens with zero attached hydrogens (tertiary/aromatic N) is 2. The van der Waals surface area contributed by atoms with Crippen LogP contribution in [0.4, 0.5) is 5.13 Å². The lowest BCUT2D eigenvalue weighted by Crippen LogP contribution is -2.28. The number of aromatic nitrogens is 1. The quantitative estimate of drug-likeness (QED) is 0.938. The lowest BCUT2D eigenvalue weighted by atomic mass is 10.1. The minimum absolute atomic E-state index is 0.0287. The molecule has 120 valence electrons. The van der Waals surface area contributed by atoms with Gasteiger partial charge in [0, 0.05) is 30.6 Å². The van der Waals surface area contributed by atoms with Crippen molar-refractivity contribution in [2.24, 2.45) is 5.92 Å². The van der Waals surface area contributed by atoms with Gasteiger partial charge in [0.2, 0.25) is 11.8 Å². The van der Waals surface area contributed by atoms with Crippen LogP contribution in [0.5, 0.6) is 0 Å². The maximum atomic E-state index is 12.3. The first kappa shape index (κ1) is 15.7. The van der Waals surface area contributed by atoms with Crippen LogP contribution in [0.15, 0.2) is 30.5 Å². The highest BCUT2D eigenvalue weighted by atomic mass is 32.1. The van der Waals surface area contributed by atoms with Crippen LogP contribution in [0.3, 0.4) is 0 Å². The summed E-state index contributed by atoms with van der Waals surface area (Å²) in [5.41, 5.74) is 2.28. The Labute approximate surface area is 139 Å². The van der Waals surface area contributed by atoms with Gasteiger partial charge in [-0.3, -0.25) is 9.59 Å². The smallest absolute Gasteiger partial charge is 0.231 e. The Morgan fingerprint density at radius 2 is 2.09 bits per heavy atom. The summed E-state index contributed by atoms with van der Waals surface area (Å²) >= 11 is 1.44. The third kappa shape index (κ3) is 3.76. The molecule has 1 aliphatic rings. The molecule has 6 heteroatoms. The zero-order chi connectivity index (χ0) is 16.4. The Kier molecular flexibility index (Phi) is 4.43. The predicted molar refractivity (Wildman–Crippen MR) is 90.2 cm³/mol. The van der Waals surface area contributed by atoms with Gasteiger partial charge in [-0.25, -0.2) is 4.98 Å². The lowest BCUT2D eigenvalue weighted by molar-refractivity contribution is -0.128. The third-order valence-corrected chi connectivity index (χ3v) is 4.76. The van der Waals surface area contributed by atoms with Gasteiger partial charge in [0.25, 0.3) is 0 Å². The summed E-state index contributed by atoms with van der Waals surface area (Å²) < 4.78 is 0. The summed E-state index contributed by atoms with van der Waals surface area (Å²) in [4.78, 5) is 31.4. The molecular formula is C17H19N3O2S. The van der Waals surface area contributed by atoms with Crippen LogP contribution >= 0.6 is 11.3 Å². The molecule has 0 saturated carbocycles. The number of aryl methyl sites for hydroxylation is 2. The van der Waals surface area contributed by atoms with E-state index in [1.54, 1.807) is 11.1 Å². The molecule has 0 aliphatic carbocycles. The predicted octanol–water partition coefficient (Wildman–Crippen LogP) is 2.75. The van der Waals surface area contributed by atoms with Crippen LogP contribution in [-0.2, 0) is 16.1 Å². The van der Waals surface area contributed by atoms with Crippen molar-refractivity contribution in [2.45, 2.75) is 26.8 Å². The monoisotopic (exact) mass is 329 g/mol. The summed E-state index contributed by atoms with van der Waals surface area (Å²) in [5, 5.41) is 3.40. The molecule has 3 rings (SSSR count). The second-order valence-electron chi connectivity index (χ2n) is 5.93. The standard InChI is InChI=1S/C17H19N3O2S/c1-11-3-5-13(6-4-11)9-20-10-14(7-15(20)21)16(22)19-17-18-8-12(2)23-17/h3-6,8,14H,7,9-10H2,1-2H3,(H,18,19,22)/t14-/m0/s1. The normalized spacial score (nSPS) is 17.6. The van der Waals surface area contributed by atoms with E-state index in [0.717, 1.165) is 10.4 Å². The van der Waals surface area contributed by atoms with E-state index in [1.807, 2.05) is 38.1 Å². The van der Waals surface area contributed by atoms with E-state index in [1.165, 1.54) is 16.9 Å². The van der Waals surface area contributed by atoms with Gasteiger partial charge >= 0.3 is 0 Å². The number of carbonyl (C=O) groups excluding carboxylic acids is 2. The van der Waals surface area contributed by atoms with Crippen LogP contribution in [0.2, 0.25) is 0 Å². The maximum Gasteiger partial charge on any atom is 0.231 e. The number of rotatable bonds is 4. The first-order chi connectivity index (χ1) is 11.0. The number of hydrogen-bond donors (Lipinski definition) is 1. The number of anilines is 1. The van der Waals surface area contributed by atoms with Gasteiger partial charge in [0.1, 0.15) is 0 Å². The van der Waals surface area contributed by atoms with Crippen molar-refractivity contribution in [1.82, 2.24) is 9.88 Å². The highest BCUT2D eigenvalue weighted by molar-refractivity contribution is 7.15. The fraction of sp³-hybridized carbons (Fsp3) is 0.353. The molecule has 0 bridgehead atoms. The highest BCUT2D eigenvalue weighted by Gasteiger charge is 2.34.